The van der Waals surface area contributed by atoms with Crippen LogP contribution < -0.4 is 9.47 Å². The van der Waals surface area contributed by atoms with Gasteiger partial charge < -0.3 is 14.0 Å². The Hall–Kier alpha value is -2.48. The first-order valence-electron chi connectivity index (χ1n) is 5.55. The lowest BCUT2D eigenvalue weighted by Gasteiger charge is -2.19. The summed E-state index contributed by atoms with van der Waals surface area (Å²) in [6.07, 6.45) is 0. The lowest BCUT2D eigenvalue weighted by Crippen LogP contribution is -2.15. The molecule has 0 atom stereocenters. The molecule has 0 radical (unpaired) electrons. The quantitative estimate of drug-likeness (QED) is 0.767. The highest BCUT2D eigenvalue weighted by Crippen LogP contribution is 2.37. The molecule has 18 heavy (non-hydrogen) atoms. The Morgan fingerprint density at radius 2 is 1.89 bits per heavy atom. The van der Waals surface area contributed by atoms with Crippen molar-refractivity contribution in [3.05, 3.63) is 29.5 Å². The Labute approximate surface area is 104 Å². The number of aryl methyl sites for hydroxylation is 1. The minimum absolute atomic E-state index is 0.263. The summed E-state index contributed by atoms with van der Waals surface area (Å²) in [7, 11) is 0. The highest BCUT2D eigenvalue weighted by molar-refractivity contribution is 5.67. The predicted molar refractivity (Wildman–Crippen MR) is 62.4 cm³/mol. The zero-order valence-corrected chi connectivity index (χ0v) is 9.77. The molecule has 0 aliphatic carbocycles. The highest BCUT2D eigenvalue weighted by atomic mass is 16.6. The second kappa shape index (κ2) is 4.08. The topological polar surface area (TPSA) is 68.3 Å². The number of rotatable bonds is 1. The summed E-state index contributed by atoms with van der Waals surface area (Å²) in [4.78, 5) is 0. The first kappa shape index (κ1) is 10.7. The lowest BCUT2D eigenvalue weighted by molar-refractivity contribution is 0.171. The van der Waals surface area contributed by atoms with Gasteiger partial charge in [0.15, 0.2) is 23.0 Å². The van der Waals surface area contributed by atoms with Crippen molar-refractivity contribution in [1.29, 1.82) is 5.26 Å². The van der Waals surface area contributed by atoms with Crippen LogP contribution in [0.3, 0.4) is 0 Å². The maximum absolute atomic E-state index is 8.74. The monoisotopic (exact) mass is 242 g/mol. The number of fused-ring (bicyclic) bond motifs is 1. The fraction of sp³-hybridized carbons (Fsp3) is 0.231. The molecule has 1 aliphatic rings. The molecule has 0 spiro atoms. The first-order chi connectivity index (χ1) is 8.78. The van der Waals surface area contributed by atoms with Crippen LogP contribution in [0, 0.1) is 18.3 Å². The van der Waals surface area contributed by atoms with Crippen molar-refractivity contribution < 1.29 is 14.0 Å². The Bertz CT molecular complexity index is 640. The van der Waals surface area contributed by atoms with Crippen LogP contribution in [-0.2, 0) is 0 Å². The number of benzene rings is 1. The van der Waals surface area contributed by atoms with Gasteiger partial charge in [-0.05, 0) is 24.6 Å². The molecule has 1 aliphatic heterocycles. The predicted octanol–water partition coefficient (Wildman–Crippen LogP) is 2.29. The van der Waals surface area contributed by atoms with Crippen LogP contribution in [-0.4, -0.2) is 18.4 Å². The van der Waals surface area contributed by atoms with Crippen LogP contribution in [0.5, 0.6) is 11.5 Å². The van der Waals surface area contributed by atoms with Crippen molar-refractivity contribution >= 4 is 0 Å². The minimum atomic E-state index is 0.263. The second-order valence-electron chi connectivity index (χ2n) is 4.00. The summed E-state index contributed by atoms with van der Waals surface area (Å²) < 4.78 is 16.2. The van der Waals surface area contributed by atoms with E-state index in [-0.39, 0.29) is 5.69 Å². The number of aromatic nitrogens is 1. The third-order valence-corrected chi connectivity index (χ3v) is 2.78. The number of nitrogens with zero attached hydrogens (tertiary/aromatic N) is 2. The number of hydrogen-bond donors (Lipinski definition) is 0. The van der Waals surface area contributed by atoms with Crippen LogP contribution in [0.2, 0.25) is 0 Å². The van der Waals surface area contributed by atoms with Crippen molar-refractivity contribution in [2.75, 3.05) is 13.2 Å². The summed E-state index contributed by atoms with van der Waals surface area (Å²) in [6, 6.07) is 7.30. The van der Waals surface area contributed by atoms with Gasteiger partial charge in [0.2, 0.25) is 0 Å². The molecule has 0 bridgehead atoms. The van der Waals surface area contributed by atoms with Gasteiger partial charge in [-0.3, -0.25) is 0 Å². The van der Waals surface area contributed by atoms with Gasteiger partial charge in [-0.2, -0.15) is 5.26 Å². The van der Waals surface area contributed by atoms with Gasteiger partial charge in [0.1, 0.15) is 19.3 Å². The average molecular weight is 242 g/mol. The van der Waals surface area contributed by atoms with Crippen molar-refractivity contribution in [3.8, 4) is 28.9 Å². The van der Waals surface area contributed by atoms with E-state index in [0.717, 1.165) is 16.9 Å². The fourth-order valence-electron chi connectivity index (χ4n) is 1.91. The average Bonchev–Trinajstić information content (AvgIpc) is 2.86. The van der Waals surface area contributed by atoms with Crippen molar-refractivity contribution in [2.45, 2.75) is 6.92 Å². The van der Waals surface area contributed by atoms with Crippen molar-refractivity contribution in [1.82, 2.24) is 5.16 Å². The van der Waals surface area contributed by atoms with Gasteiger partial charge in [-0.25, -0.2) is 0 Å². The van der Waals surface area contributed by atoms with E-state index in [1.54, 1.807) is 6.07 Å². The largest absolute Gasteiger partial charge is 0.486 e. The maximum atomic E-state index is 8.74. The van der Waals surface area contributed by atoms with E-state index in [1.807, 2.05) is 25.1 Å². The summed E-state index contributed by atoms with van der Waals surface area (Å²) in [5.74, 6) is 1.99. The smallest absolute Gasteiger partial charge is 0.184 e. The van der Waals surface area contributed by atoms with Gasteiger partial charge in [-0.1, -0.05) is 5.16 Å². The third kappa shape index (κ3) is 1.68. The van der Waals surface area contributed by atoms with E-state index in [4.69, 9.17) is 19.3 Å². The van der Waals surface area contributed by atoms with E-state index < -0.39 is 0 Å². The van der Waals surface area contributed by atoms with Gasteiger partial charge >= 0.3 is 0 Å². The minimum Gasteiger partial charge on any atom is -0.486 e. The first-order valence-corrected chi connectivity index (χ1v) is 5.55. The van der Waals surface area contributed by atoms with E-state index in [1.165, 1.54) is 0 Å². The molecule has 0 amide bonds. The van der Waals surface area contributed by atoms with Crippen LogP contribution in [0.4, 0.5) is 0 Å². The molecule has 0 N–H and O–H groups in total. The molecule has 90 valence electrons. The van der Waals surface area contributed by atoms with Gasteiger partial charge in [0, 0.05) is 11.6 Å². The van der Waals surface area contributed by atoms with Crippen LogP contribution in [0.25, 0.3) is 11.3 Å². The second-order valence-corrected chi connectivity index (χ2v) is 4.00. The number of hydrogen-bond acceptors (Lipinski definition) is 5. The molecule has 0 saturated carbocycles. The molecular formula is C13H10N2O3. The van der Waals surface area contributed by atoms with E-state index in [2.05, 4.69) is 5.16 Å². The molecular weight excluding hydrogens is 232 g/mol. The summed E-state index contributed by atoms with van der Waals surface area (Å²) in [6.45, 7) is 3.05. The fourth-order valence-corrected chi connectivity index (χ4v) is 1.91. The van der Waals surface area contributed by atoms with E-state index in [9.17, 15) is 0 Å². The Kier molecular flexibility index (Phi) is 2.41. The highest BCUT2D eigenvalue weighted by Gasteiger charge is 2.17. The molecule has 2 aromatic rings. The standard InChI is InChI=1S/C13H10N2O3/c1-8-4-12-13(17-3-2-16-12)6-10(8)11-5-9(7-14)15-18-11/h4-6H,2-3H2,1H3. The van der Waals surface area contributed by atoms with E-state index in [0.29, 0.717) is 24.7 Å². The van der Waals surface area contributed by atoms with Crippen molar-refractivity contribution in [2.24, 2.45) is 0 Å². The van der Waals surface area contributed by atoms with Crippen LogP contribution >= 0.6 is 0 Å². The van der Waals surface area contributed by atoms with Gasteiger partial charge in [0.05, 0.1) is 0 Å². The summed E-state index contributed by atoms with van der Waals surface area (Å²) in [5, 5.41) is 12.4. The number of nitriles is 1. The Morgan fingerprint density at radius 1 is 1.17 bits per heavy atom. The maximum Gasteiger partial charge on any atom is 0.184 e. The van der Waals surface area contributed by atoms with Gasteiger partial charge in [-0.15, -0.1) is 0 Å². The lowest BCUT2D eigenvalue weighted by atomic mass is 10.0. The van der Waals surface area contributed by atoms with Gasteiger partial charge in [0.25, 0.3) is 0 Å². The molecule has 0 fully saturated rings. The van der Waals surface area contributed by atoms with Crippen LogP contribution in [0.15, 0.2) is 22.7 Å². The summed E-state index contributed by atoms with van der Waals surface area (Å²) >= 11 is 0. The Morgan fingerprint density at radius 3 is 2.56 bits per heavy atom. The number of ether oxygens (including phenoxy) is 2. The zero-order chi connectivity index (χ0) is 12.5. The molecule has 1 aromatic heterocycles. The molecule has 0 unspecified atom stereocenters. The van der Waals surface area contributed by atoms with Crippen LogP contribution in [0.1, 0.15) is 11.3 Å². The normalized spacial score (nSPS) is 13.1. The van der Waals surface area contributed by atoms with E-state index >= 15 is 0 Å². The zero-order valence-electron chi connectivity index (χ0n) is 9.77. The molecule has 5 heteroatoms. The Balaban J connectivity index is 2.09. The third-order valence-electron chi connectivity index (χ3n) is 2.78. The SMILES string of the molecule is Cc1cc2c(cc1-c1cc(C#N)no1)OCCO2. The summed E-state index contributed by atoms with van der Waals surface area (Å²) in [5.41, 5.74) is 2.10. The molecule has 2 heterocycles. The molecule has 5 nitrogen and oxygen atoms in total. The molecule has 0 saturated heterocycles. The van der Waals surface area contributed by atoms with Crippen molar-refractivity contribution in [3.63, 3.8) is 0 Å². The molecule has 1 aromatic carbocycles. The molecule has 3 rings (SSSR count).